The summed E-state index contributed by atoms with van der Waals surface area (Å²) in [4.78, 5) is 8.97. The number of pyridine rings is 1. The molecule has 0 bridgehead atoms. The lowest BCUT2D eigenvalue weighted by molar-refractivity contribution is -0.183. The molecular formula is C20H28N4O2. The maximum atomic E-state index is 6.31. The molecule has 0 unspecified atom stereocenters. The van der Waals surface area contributed by atoms with Crippen LogP contribution >= 0.6 is 0 Å². The Morgan fingerprint density at radius 1 is 1.38 bits per heavy atom. The van der Waals surface area contributed by atoms with Gasteiger partial charge in [0.2, 0.25) is 0 Å². The van der Waals surface area contributed by atoms with Crippen molar-refractivity contribution in [2.75, 3.05) is 33.3 Å². The smallest absolute Gasteiger partial charge is 0.133 e. The van der Waals surface area contributed by atoms with Crippen molar-refractivity contribution < 1.29 is 9.26 Å². The number of rotatable bonds is 6. The van der Waals surface area contributed by atoms with Crippen molar-refractivity contribution >= 4 is 0 Å². The summed E-state index contributed by atoms with van der Waals surface area (Å²) in [6.07, 6.45) is 6.17. The molecule has 0 aromatic carbocycles. The Morgan fingerprint density at radius 3 is 2.92 bits per heavy atom. The molecule has 26 heavy (non-hydrogen) atoms. The molecule has 2 aromatic rings. The summed E-state index contributed by atoms with van der Waals surface area (Å²) in [6.45, 7) is 7.71. The highest BCUT2D eigenvalue weighted by Crippen LogP contribution is 2.36. The predicted octanol–water partition coefficient (Wildman–Crippen LogP) is 2.49. The first kappa shape index (κ1) is 17.6. The predicted molar refractivity (Wildman–Crippen MR) is 98.5 cm³/mol. The summed E-state index contributed by atoms with van der Waals surface area (Å²) in [5.41, 5.74) is 2.36. The van der Waals surface area contributed by atoms with Crippen LogP contribution in [-0.4, -0.2) is 58.8 Å². The summed E-state index contributed by atoms with van der Waals surface area (Å²) in [7, 11) is 2.18. The Hall–Kier alpha value is -1.76. The fourth-order valence-corrected chi connectivity index (χ4v) is 4.22. The average molecular weight is 356 g/mol. The van der Waals surface area contributed by atoms with Crippen molar-refractivity contribution in [1.82, 2.24) is 19.9 Å². The quantitative estimate of drug-likeness (QED) is 0.793. The summed E-state index contributed by atoms with van der Waals surface area (Å²) < 4.78 is 11.5. The van der Waals surface area contributed by atoms with E-state index in [-0.39, 0.29) is 5.60 Å². The Labute approximate surface area is 155 Å². The largest absolute Gasteiger partial charge is 0.372 e. The van der Waals surface area contributed by atoms with Gasteiger partial charge in [0.1, 0.15) is 5.76 Å². The van der Waals surface area contributed by atoms with Gasteiger partial charge in [-0.15, -0.1) is 0 Å². The minimum absolute atomic E-state index is 0.0806. The summed E-state index contributed by atoms with van der Waals surface area (Å²) in [6, 6.07) is 6.15. The second kappa shape index (κ2) is 7.47. The fourth-order valence-electron chi connectivity index (χ4n) is 4.22. The van der Waals surface area contributed by atoms with Crippen molar-refractivity contribution in [1.29, 1.82) is 0 Å². The zero-order valence-corrected chi connectivity index (χ0v) is 15.7. The number of hydrogen-bond acceptors (Lipinski definition) is 6. The molecule has 1 atom stereocenters. The number of nitrogens with zero attached hydrogens (tertiary/aromatic N) is 4. The van der Waals surface area contributed by atoms with E-state index in [0.29, 0.717) is 5.92 Å². The first-order valence-electron chi connectivity index (χ1n) is 9.46. The highest BCUT2D eigenvalue weighted by atomic mass is 16.5. The molecular weight excluding hydrogens is 328 g/mol. The molecule has 0 amide bonds. The van der Waals surface area contributed by atoms with Gasteiger partial charge in [-0.1, -0.05) is 11.2 Å². The molecule has 2 aliphatic heterocycles. The number of aromatic nitrogens is 2. The van der Waals surface area contributed by atoms with Crippen LogP contribution in [0.2, 0.25) is 0 Å². The van der Waals surface area contributed by atoms with Crippen LogP contribution in [-0.2, 0) is 17.8 Å². The standard InChI is InChI=1S/C20H28N4O2/c1-16-8-19(22-26-16)12-24-14-20(15-24)6-5-18(13-25-20)11-23(2)10-17-4-3-7-21-9-17/h3-4,7-9,18H,5-6,10-15H2,1-2H3/t18-/m0/s1. The maximum Gasteiger partial charge on any atom is 0.133 e. The van der Waals surface area contributed by atoms with E-state index in [4.69, 9.17) is 9.26 Å². The summed E-state index contributed by atoms with van der Waals surface area (Å²) >= 11 is 0. The topological polar surface area (TPSA) is 54.6 Å². The number of hydrogen-bond donors (Lipinski definition) is 0. The van der Waals surface area contributed by atoms with E-state index in [2.05, 4.69) is 33.1 Å². The van der Waals surface area contributed by atoms with Crippen LogP contribution in [0.25, 0.3) is 0 Å². The minimum Gasteiger partial charge on any atom is -0.372 e. The van der Waals surface area contributed by atoms with Gasteiger partial charge in [-0.3, -0.25) is 9.88 Å². The normalized spacial score (nSPS) is 22.7. The van der Waals surface area contributed by atoms with Crippen molar-refractivity contribution in [2.45, 2.75) is 38.5 Å². The third-order valence-electron chi connectivity index (χ3n) is 5.46. The summed E-state index contributed by atoms with van der Waals surface area (Å²) in [5.74, 6) is 1.50. The van der Waals surface area contributed by atoms with E-state index in [9.17, 15) is 0 Å². The molecule has 0 aliphatic carbocycles. The van der Waals surface area contributed by atoms with Crippen LogP contribution in [0.4, 0.5) is 0 Å². The van der Waals surface area contributed by atoms with Gasteiger partial charge in [-0.2, -0.15) is 0 Å². The summed E-state index contributed by atoms with van der Waals surface area (Å²) in [5, 5.41) is 4.08. The third kappa shape index (κ3) is 4.14. The van der Waals surface area contributed by atoms with Crippen molar-refractivity contribution in [2.24, 2.45) is 5.92 Å². The van der Waals surface area contributed by atoms with Gasteiger partial charge in [0, 0.05) is 51.2 Å². The molecule has 1 spiro atoms. The lowest BCUT2D eigenvalue weighted by atomic mass is 9.82. The molecule has 0 N–H and O–H groups in total. The van der Waals surface area contributed by atoms with Crippen molar-refractivity contribution in [3.05, 3.63) is 47.6 Å². The maximum absolute atomic E-state index is 6.31. The SMILES string of the molecule is Cc1cc(CN2CC3(CC[C@@H](CN(C)Cc4cccnc4)CO3)C2)no1. The van der Waals surface area contributed by atoms with Crippen molar-refractivity contribution in [3.8, 4) is 0 Å². The van der Waals surface area contributed by atoms with Gasteiger partial charge in [-0.25, -0.2) is 0 Å². The molecule has 6 heteroatoms. The van der Waals surface area contributed by atoms with Crippen LogP contribution in [0, 0.1) is 12.8 Å². The van der Waals surface area contributed by atoms with Crippen molar-refractivity contribution in [3.63, 3.8) is 0 Å². The Kier molecular flexibility index (Phi) is 5.07. The highest BCUT2D eigenvalue weighted by Gasteiger charge is 2.46. The first-order valence-corrected chi connectivity index (χ1v) is 9.46. The van der Waals surface area contributed by atoms with Crippen LogP contribution < -0.4 is 0 Å². The molecule has 140 valence electrons. The Bertz CT molecular complexity index is 702. The first-order chi connectivity index (χ1) is 12.6. The zero-order valence-electron chi connectivity index (χ0n) is 15.7. The van der Waals surface area contributed by atoms with Gasteiger partial charge in [0.05, 0.1) is 17.9 Å². The number of ether oxygens (including phenoxy) is 1. The van der Waals surface area contributed by atoms with Gasteiger partial charge in [0.15, 0.2) is 0 Å². The molecule has 0 saturated carbocycles. The third-order valence-corrected chi connectivity index (χ3v) is 5.46. The molecule has 4 heterocycles. The van der Waals surface area contributed by atoms with E-state index in [0.717, 1.165) is 57.2 Å². The molecule has 6 nitrogen and oxygen atoms in total. The highest BCUT2D eigenvalue weighted by molar-refractivity contribution is 5.09. The Balaban J connectivity index is 1.19. The minimum atomic E-state index is 0.0806. The average Bonchev–Trinajstić information content (AvgIpc) is 3.01. The monoisotopic (exact) mass is 356 g/mol. The second-order valence-corrected chi connectivity index (χ2v) is 8.03. The van der Waals surface area contributed by atoms with E-state index >= 15 is 0 Å². The Morgan fingerprint density at radius 2 is 2.27 bits per heavy atom. The zero-order chi connectivity index (χ0) is 18.0. The number of aryl methyl sites for hydroxylation is 1. The molecule has 2 aromatic heterocycles. The van der Waals surface area contributed by atoms with Gasteiger partial charge in [0.25, 0.3) is 0 Å². The fraction of sp³-hybridized carbons (Fsp3) is 0.600. The lowest BCUT2D eigenvalue weighted by Gasteiger charge is -2.53. The molecule has 2 saturated heterocycles. The van der Waals surface area contributed by atoms with Gasteiger partial charge < -0.3 is 14.2 Å². The van der Waals surface area contributed by atoms with Gasteiger partial charge in [-0.05, 0) is 44.4 Å². The lowest BCUT2D eigenvalue weighted by Crippen LogP contribution is -2.64. The van der Waals surface area contributed by atoms with E-state index < -0.39 is 0 Å². The molecule has 2 aliphatic rings. The second-order valence-electron chi connectivity index (χ2n) is 8.03. The van der Waals surface area contributed by atoms with E-state index in [1.165, 1.54) is 12.0 Å². The molecule has 0 radical (unpaired) electrons. The van der Waals surface area contributed by atoms with Crippen LogP contribution in [0.1, 0.15) is 29.9 Å². The number of likely N-dealkylation sites (tertiary alicyclic amines) is 1. The molecule has 4 rings (SSSR count). The van der Waals surface area contributed by atoms with Crippen LogP contribution in [0.5, 0.6) is 0 Å². The van der Waals surface area contributed by atoms with Crippen LogP contribution in [0.15, 0.2) is 35.1 Å². The van der Waals surface area contributed by atoms with Gasteiger partial charge >= 0.3 is 0 Å². The van der Waals surface area contributed by atoms with E-state index in [1.54, 1.807) is 0 Å². The van der Waals surface area contributed by atoms with Crippen LogP contribution in [0.3, 0.4) is 0 Å². The molecule has 2 fully saturated rings. The van der Waals surface area contributed by atoms with E-state index in [1.807, 2.05) is 31.5 Å².